The van der Waals surface area contributed by atoms with Gasteiger partial charge in [0.15, 0.2) is 11.6 Å². The average Bonchev–Trinajstić information content (AvgIpc) is 2.83. The number of hydrogen-bond acceptors (Lipinski definition) is 4. The number of amides is 2. The Morgan fingerprint density at radius 2 is 1.83 bits per heavy atom. The number of carbonyl (C=O) groups is 2. The van der Waals surface area contributed by atoms with Crippen molar-refractivity contribution in [3.63, 3.8) is 0 Å². The largest absolute Gasteiger partial charge is 0.457 e. The van der Waals surface area contributed by atoms with E-state index in [0.29, 0.717) is 11.3 Å². The van der Waals surface area contributed by atoms with Crippen molar-refractivity contribution in [2.45, 2.75) is 0 Å². The second kappa shape index (κ2) is 6.21. The summed E-state index contributed by atoms with van der Waals surface area (Å²) in [7, 11) is 0. The standard InChI is InChI=1S/C16H9F2NO3S/c17-11-6-5-10(8-12(11)18)22-13-4-2-1-3-9(13)7-14-15(20)19-16(21)23-14/h1-8H,(H,19,20,21)/b14-7-. The van der Waals surface area contributed by atoms with Crippen LogP contribution in [-0.4, -0.2) is 11.1 Å². The zero-order valence-corrected chi connectivity index (χ0v) is 12.3. The Kier molecular flexibility index (Phi) is 4.12. The Labute approximate surface area is 134 Å². The highest BCUT2D eigenvalue weighted by atomic mass is 32.2. The minimum absolute atomic E-state index is 0.120. The monoisotopic (exact) mass is 333 g/mol. The molecule has 0 aliphatic carbocycles. The minimum Gasteiger partial charge on any atom is -0.457 e. The number of imide groups is 1. The highest BCUT2D eigenvalue weighted by molar-refractivity contribution is 8.18. The molecule has 2 aromatic carbocycles. The number of hydrogen-bond donors (Lipinski definition) is 1. The number of ether oxygens (including phenoxy) is 1. The maximum absolute atomic E-state index is 13.2. The quantitative estimate of drug-likeness (QED) is 0.860. The zero-order valence-electron chi connectivity index (χ0n) is 11.5. The second-order valence-corrected chi connectivity index (χ2v) is 5.58. The lowest BCUT2D eigenvalue weighted by Gasteiger charge is -2.09. The molecule has 7 heteroatoms. The number of nitrogens with one attached hydrogen (secondary N) is 1. The van der Waals surface area contributed by atoms with Gasteiger partial charge in [-0.2, -0.15) is 0 Å². The molecule has 0 aromatic heterocycles. The van der Waals surface area contributed by atoms with Gasteiger partial charge in [0, 0.05) is 11.6 Å². The highest BCUT2D eigenvalue weighted by Gasteiger charge is 2.25. The summed E-state index contributed by atoms with van der Waals surface area (Å²) < 4.78 is 31.7. The predicted octanol–water partition coefficient (Wildman–Crippen LogP) is 4.08. The van der Waals surface area contributed by atoms with E-state index in [2.05, 4.69) is 5.32 Å². The summed E-state index contributed by atoms with van der Waals surface area (Å²) in [6.45, 7) is 0. The van der Waals surface area contributed by atoms with Gasteiger partial charge in [-0.25, -0.2) is 8.78 Å². The summed E-state index contributed by atoms with van der Waals surface area (Å²) in [5, 5.41) is 1.71. The van der Waals surface area contributed by atoms with Crippen LogP contribution in [-0.2, 0) is 4.79 Å². The Hall–Kier alpha value is -2.67. The number of para-hydroxylation sites is 1. The summed E-state index contributed by atoms with van der Waals surface area (Å²) in [4.78, 5) is 23.0. The molecule has 0 unspecified atom stereocenters. The summed E-state index contributed by atoms with van der Waals surface area (Å²) in [5.74, 6) is -2.00. The molecule has 1 heterocycles. The number of carbonyl (C=O) groups excluding carboxylic acids is 2. The van der Waals surface area contributed by atoms with Gasteiger partial charge in [0.2, 0.25) is 0 Å². The molecular weight excluding hydrogens is 324 g/mol. The maximum Gasteiger partial charge on any atom is 0.290 e. The first-order valence-electron chi connectivity index (χ1n) is 6.50. The Balaban J connectivity index is 1.92. The smallest absolute Gasteiger partial charge is 0.290 e. The van der Waals surface area contributed by atoms with Crippen LogP contribution >= 0.6 is 11.8 Å². The lowest BCUT2D eigenvalue weighted by atomic mass is 10.2. The van der Waals surface area contributed by atoms with E-state index in [9.17, 15) is 18.4 Å². The van der Waals surface area contributed by atoms with Crippen molar-refractivity contribution in [3.05, 3.63) is 64.6 Å². The molecule has 3 rings (SSSR count). The fourth-order valence-corrected chi connectivity index (χ4v) is 2.60. The summed E-state index contributed by atoms with van der Waals surface area (Å²) >= 11 is 0.784. The SMILES string of the molecule is O=C1NC(=O)/C(=C/c2ccccc2Oc2ccc(F)c(F)c2)S1. The molecule has 116 valence electrons. The van der Waals surface area contributed by atoms with Gasteiger partial charge in [0.05, 0.1) is 4.91 Å². The molecule has 1 saturated heterocycles. The van der Waals surface area contributed by atoms with Crippen molar-refractivity contribution in [2.75, 3.05) is 0 Å². The summed E-state index contributed by atoms with van der Waals surface area (Å²) in [5.41, 5.74) is 0.532. The van der Waals surface area contributed by atoms with Gasteiger partial charge in [-0.05, 0) is 36.0 Å². The highest BCUT2D eigenvalue weighted by Crippen LogP contribution is 2.31. The second-order valence-electron chi connectivity index (χ2n) is 4.57. The van der Waals surface area contributed by atoms with E-state index in [1.165, 1.54) is 12.1 Å². The van der Waals surface area contributed by atoms with Gasteiger partial charge >= 0.3 is 0 Å². The van der Waals surface area contributed by atoms with Crippen molar-refractivity contribution in [3.8, 4) is 11.5 Å². The summed E-state index contributed by atoms with van der Waals surface area (Å²) in [6, 6.07) is 9.91. The van der Waals surface area contributed by atoms with Crippen LogP contribution in [0.25, 0.3) is 6.08 Å². The van der Waals surface area contributed by atoms with E-state index in [4.69, 9.17) is 4.74 Å². The molecule has 0 spiro atoms. The first-order chi connectivity index (χ1) is 11.0. The normalized spacial score (nSPS) is 15.8. The molecule has 1 N–H and O–H groups in total. The fourth-order valence-electron chi connectivity index (χ4n) is 1.92. The van der Waals surface area contributed by atoms with Crippen molar-refractivity contribution in [1.29, 1.82) is 0 Å². The first kappa shape index (κ1) is 15.2. The Morgan fingerprint density at radius 3 is 2.52 bits per heavy atom. The van der Waals surface area contributed by atoms with Gasteiger partial charge in [-0.15, -0.1) is 0 Å². The first-order valence-corrected chi connectivity index (χ1v) is 7.31. The van der Waals surface area contributed by atoms with Crippen LogP contribution in [0.1, 0.15) is 5.56 Å². The molecule has 23 heavy (non-hydrogen) atoms. The third kappa shape index (κ3) is 3.40. The molecule has 4 nitrogen and oxygen atoms in total. The topological polar surface area (TPSA) is 55.4 Å². The van der Waals surface area contributed by atoms with E-state index in [-0.39, 0.29) is 10.7 Å². The number of benzene rings is 2. The van der Waals surface area contributed by atoms with Gasteiger partial charge < -0.3 is 4.74 Å². The van der Waals surface area contributed by atoms with E-state index >= 15 is 0 Å². The van der Waals surface area contributed by atoms with Crippen LogP contribution in [0.15, 0.2) is 47.4 Å². The van der Waals surface area contributed by atoms with Gasteiger partial charge in [0.25, 0.3) is 11.1 Å². The number of halogens is 2. The minimum atomic E-state index is -1.02. The Bertz CT molecular complexity index is 836. The van der Waals surface area contributed by atoms with E-state index in [1.54, 1.807) is 24.3 Å². The van der Waals surface area contributed by atoms with Crippen molar-refractivity contribution < 1.29 is 23.1 Å². The predicted molar refractivity (Wildman–Crippen MR) is 82.0 cm³/mol. The van der Waals surface area contributed by atoms with Crippen LogP contribution in [0.5, 0.6) is 11.5 Å². The van der Waals surface area contributed by atoms with Crippen LogP contribution in [0.3, 0.4) is 0 Å². The zero-order chi connectivity index (χ0) is 16.4. The van der Waals surface area contributed by atoms with Crippen LogP contribution in [0, 0.1) is 11.6 Å². The van der Waals surface area contributed by atoms with Crippen molar-refractivity contribution >= 4 is 29.0 Å². The lowest BCUT2D eigenvalue weighted by molar-refractivity contribution is -0.115. The molecule has 1 aliphatic rings. The summed E-state index contributed by atoms with van der Waals surface area (Å²) in [6.07, 6.45) is 1.50. The third-order valence-corrected chi connectivity index (χ3v) is 3.78. The van der Waals surface area contributed by atoms with Crippen LogP contribution < -0.4 is 10.1 Å². The molecular formula is C16H9F2NO3S. The van der Waals surface area contributed by atoms with Crippen molar-refractivity contribution in [2.24, 2.45) is 0 Å². The molecule has 0 atom stereocenters. The average molecular weight is 333 g/mol. The molecule has 0 radical (unpaired) electrons. The third-order valence-electron chi connectivity index (χ3n) is 2.97. The molecule has 0 bridgehead atoms. The van der Waals surface area contributed by atoms with Crippen LogP contribution in [0.2, 0.25) is 0 Å². The van der Waals surface area contributed by atoms with Gasteiger partial charge in [-0.3, -0.25) is 14.9 Å². The fraction of sp³-hybridized carbons (Fsp3) is 0. The van der Waals surface area contributed by atoms with Gasteiger partial charge in [0.1, 0.15) is 11.5 Å². The Morgan fingerprint density at radius 1 is 1.04 bits per heavy atom. The molecule has 1 fully saturated rings. The van der Waals surface area contributed by atoms with E-state index < -0.39 is 22.8 Å². The van der Waals surface area contributed by atoms with Crippen molar-refractivity contribution in [1.82, 2.24) is 5.32 Å². The molecule has 2 aromatic rings. The molecule has 0 saturated carbocycles. The van der Waals surface area contributed by atoms with Gasteiger partial charge in [-0.1, -0.05) is 18.2 Å². The number of rotatable bonds is 3. The molecule has 2 amide bonds. The molecule has 1 aliphatic heterocycles. The maximum atomic E-state index is 13.2. The lowest BCUT2D eigenvalue weighted by Crippen LogP contribution is -2.17. The van der Waals surface area contributed by atoms with Crippen LogP contribution in [0.4, 0.5) is 13.6 Å². The van der Waals surface area contributed by atoms with E-state index in [0.717, 1.165) is 23.9 Å². The number of thioether (sulfide) groups is 1. The van der Waals surface area contributed by atoms with E-state index in [1.807, 2.05) is 0 Å².